The molecule has 0 saturated carbocycles. The summed E-state index contributed by atoms with van der Waals surface area (Å²) in [7, 11) is -7.89. The zero-order chi connectivity index (χ0) is 17.1. The monoisotopic (exact) mass is 464 g/mol. The summed E-state index contributed by atoms with van der Waals surface area (Å²) in [5.74, 6) is 0. The van der Waals surface area contributed by atoms with Gasteiger partial charge in [-0.1, -0.05) is 0 Å². The molecule has 2 rings (SSSR count). The molecule has 0 amide bonds. The maximum atomic E-state index is 11.8. The van der Waals surface area contributed by atoms with Crippen LogP contribution in [0.25, 0.3) is 0 Å². The molecule has 6 nitrogen and oxygen atoms in total. The molecule has 2 aromatic rings. The van der Waals surface area contributed by atoms with Crippen molar-refractivity contribution < 1.29 is 21.9 Å². The van der Waals surface area contributed by atoms with Crippen LogP contribution in [-0.2, 0) is 25.3 Å². The van der Waals surface area contributed by atoms with E-state index >= 15 is 0 Å². The number of benzene rings is 2. The van der Waals surface area contributed by atoms with Gasteiger partial charge in [0, 0.05) is 0 Å². The van der Waals surface area contributed by atoms with Gasteiger partial charge in [-0.2, -0.15) is 0 Å². The molecule has 0 aliphatic rings. The van der Waals surface area contributed by atoms with Crippen molar-refractivity contribution in [3.05, 3.63) is 60.7 Å². The van der Waals surface area contributed by atoms with Crippen LogP contribution in [0.2, 0.25) is 0 Å². The molecular weight excluding hydrogens is 447 g/mol. The van der Waals surface area contributed by atoms with Crippen molar-refractivity contribution in [3.8, 4) is 0 Å². The molecule has 9 heteroatoms. The minimum absolute atomic E-state index is 0.448. The predicted molar refractivity (Wildman–Crippen MR) is 89.8 cm³/mol. The molecule has 124 valence electrons. The van der Waals surface area contributed by atoms with Crippen molar-refractivity contribution in [1.29, 1.82) is 0 Å². The van der Waals surface area contributed by atoms with E-state index in [-0.39, 0.29) is 0 Å². The third kappa shape index (κ3) is 5.01. The minimum atomic E-state index is -4.95. The van der Waals surface area contributed by atoms with Crippen LogP contribution in [0.1, 0.15) is 0 Å². The van der Waals surface area contributed by atoms with Crippen molar-refractivity contribution >= 4 is 46.6 Å². The standard InChI is InChI=1S/2C6H5.2CH4O3S.Sn/c2*1-2-4-6-5-3-1;2*1-5(2,3)4;/h2*1-5H;2*1H3,(H,2,3,4);/q;;;;+2/p-2. The fourth-order valence-corrected chi connectivity index (χ4v) is 19.3. The molecular formula is C14H16O6S2Sn. The molecule has 0 unspecified atom stereocenters. The Labute approximate surface area is 141 Å². The van der Waals surface area contributed by atoms with Crippen LogP contribution in [0.15, 0.2) is 60.7 Å². The Hall–Kier alpha value is -0.941. The van der Waals surface area contributed by atoms with Gasteiger partial charge in [0.15, 0.2) is 0 Å². The Balaban J connectivity index is 2.78. The van der Waals surface area contributed by atoms with Gasteiger partial charge >= 0.3 is 142 Å². The Bertz CT molecular complexity index is 788. The summed E-state index contributed by atoms with van der Waals surface area (Å²) < 4.78 is 58.9. The summed E-state index contributed by atoms with van der Waals surface area (Å²) in [4.78, 5) is 0. The molecule has 0 atom stereocenters. The summed E-state index contributed by atoms with van der Waals surface area (Å²) in [6.45, 7) is 0. The van der Waals surface area contributed by atoms with Crippen LogP contribution in [0.3, 0.4) is 0 Å². The van der Waals surface area contributed by atoms with Crippen LogP contribution in [0.5, 0.6) is 0 Å². The van der Waals surface area contributed by atoms with Gasteiger partial charge < -0.3 is 0 Å². The van der Waals surface area contributed by atoms with Gasteiger partial charge in [-0.05, 0) is 0 Å². The van der Waals surface area contributed by atoms with Gasteiger partial charge in [-0.3, -0.25) is 0 Å². The molecule has 0 bridgehead atoms. The van der Waals surface area contributed by atoms with Crippen molar-refractivity contribution in [2.45, 2.75) is 0 Å². The summed E-state index contributed by atoms with van der Waals surface area (Å²) in [6.07, 6.45) is 1.77. The quantitative estimate of drug-likeness (QED) is 0.570. The molecule has 23 heavy (non-hydrogen) atoms. The summed E-state index contributed by atoms with van der Waals surface area (Å²) in [5.41, 5.74) is 0. The van der Waals surface area contributed by atoms with E-state index in [1.165, 1.54) is 0 Å². The Morgan fingerprint density at radius 1 is 0.652 bits per heavy atom. The van der Waals surface area contributed by atoms with Gasteiger partial charge in [0.25, 0.3) is 0 Å². The number of hydrogen-bond acceptors (Lipinski definition) is 6. The molecule has 0 aliphatic carbocycles. The van der Waals surface area contributed by atoms with Gasteiger partial charge in [0.05, 0.1) is 0 Å². The van der Waals surface area contributed by atoms with Crippen molar-refractivity contribution in [1.82, 2.24) is 0 Å². The fraction of sp³-hybridized carbons (Fsp3) is 0.143. The molecule has 0 N–H and O–H groups in total. The molecule has 0 fully saturated rings. The molecule has 0 spiro atoms. The number of rotatable bonds is 6. The predicted octanol–water partition coefficient (Wildman–Crippen LogP) is 0.195. The fourth-order valence-electron chi connectivity index (χ4n) is 2.11. The molecule has 0 aromatic heterocycles. The first-order valence-electron chi connectivity index (χ1n) is 6.55. The third-order valence-electron chi connectivity index (χ3n) is 2.85. The number of hydrogen-bond donors (Lipinski definition) is 0. The SMILES string of the molecule is CS(=O)(=O)[O][Sn]([O]S(C)(=O)=O)([c]1ccccc1)[c]1ccccc1. The topological polar surface area (TPSA) is 86.7 Å². The van der Waals surface area contributed by atoms with Crippen molar-refractivity contribution in [2.24, 2.45) is 0 Å². The normalized spacial score (nSPS) is 13.0. The van der Waals surface area contributed by atoms with E-state index in [1.807, 2.05) is 0 Å². The maximum absolute atomic E-state index is 11.8. The summed E-state index contributed by atoms with van der Waals surface area (Å²) in [5, 5.41) is 0. The molecule has 0 aliphatic heterocycles. The summed E-state index contributed by atoms with van der Waals surface area (Å²) >= 11 is -4.95. The average molecular weight is 463 g/mol. The van der Waals surface area contributed by atoms with E-state index in [0.29, 0.717) is 7.16 Å². The van der Waals surface area contributed by atoms with E-state index in [0.717, 1.165) is 12.5 Å². The van der Waals surface area contributed by atoms with E-state index in [1.54, 1.807) is 60.7 Å². The van der Waals surface area contributed by atoms with Crippen LogP contribution >= 0.6 is 0 Å². The first kappa shape index (κ1) is 18.4. The molecule has 2 aromatic carbocycles. The summed E-state index contributed by atoms with van der Waals surface area (Å²) in [6, 6.07) is 16.7. The van der Waals surface area contributed by atoms with Crippen molar-refractivity contribution in [2.75, 3.05) is 12.5 Å². The Morgan fingerprint density at radius 2 is 0.957 bits per heavy atom. The van der Waals surface area contributed by atoms with E-state index in [9.17, 15) is 16.8 Å². The first-order chi connectivity index (χ1) is 10.6. The zero-order valence-corrected chi connectivity index (χ0v) is 17.0. The average Bonchev–Trinajstić information content (AvgIpc) is 2.45. The zero-order valence-electron chi connectivity index (χ0n) is 12.5. The molecule has 0 saturated heterocycles. The van der Waals surface area contributed by atoms with Gasteiger partial charge in [0.1, 0.15) is 0 Å². The third-order valence-corrected chi connectivity index (χ3v) is 19.4. The van der Waals surface area contributed by atoms with Crippen molar-refractivity contribution in [3.63, 3.8) is 0 Å². The van der Waals surface area contributed by atoms with Gasteiger partial charge in [-0.15, -0.1) is 0 Å². The Morgan fingerprint density at radius 3 is 1.22 bits per heavy atom. The van der Waals surface area contributed by atoms with E-state index in [4.69, 9.17) is 5.04 Å². The molecule has 0 heterocycles. The molecule has 0 radical (unpaired) electrons. The van der Waals surface area contributed by atoms with Crippen LogP contribution in [-0.4, -0.2) is 48.6 Å². The second-order valence-corrected chi connectivity index (χ2v) is 17.7. The first-order valence-corrected chi connectivity index (χ1v) is 15.4. The van der Waals surface area contributed by atoms with Gasteiger partial charge in [0.2, 0.25) is 0 Å². The van der Waals surface area contributed by atoms with Crippen LogP contribution < -0.4 is 7.16 Å². The van der Waals surface area contributed by atoms with E-state index in [2.05, 4.69) is 0 Å². The Kier molecular flexibility index (Phi) is 5.51. The second-order valence-electron chi connectivity index (χ2n) is 4.92. The second kappa shape index (κ2) is 6.89. The van der Waals surface area contributed by atoms with E-state index < -0.39 is 39.4 Å². The van der Waals surface area contributed by atoms with Crippen LogP contribution in [0.4, 0.5) is 0 Å². The van der Waals surface area contributed by atoms with Gasteiger partial charge in [-0.25, -0.2) is 0 Å². The van der Waals surface area contributed by atoms with Crippen LogP contribution in [0, 0.1) is 0 Å².